The predicted octanol–water partition coefficient (Wildman–Crippen LogP) is 4.92. The maximum Gasteiger partial charge on any atom is 0.345 e. The monoisotopic (exact) mass is 426 g/mol. The molecule has 10 heteroatoms. The number of non-ortho nitro benzene ring substituents is 1. The zero-order chi connectivity index (χ0) is 20.4. The van der Waals surface area contributed by atoms with Crippen LogP contribution in [0.1, 0.15) is 5.56 Å². The lowest BCUT2D eigenvalue weighted by molar-refractivity contribution is -0.384. The summed E-state index contributed by atoms with van der Waals surface area (Å²) in [4.78, 5) is 26.8. The fourth-order valence-electron chi connectivity index (χ4n) is 2.57. The van der Waals surface area contributed by atoms with Gasteiger partial charge in [-0.15, -0.1) is 11.3 Å². The molecule has 2 aromatic heterocycles. The number of nitrogens with zero attached hydrogens (tertiary/aromatic N) is 3. The number of halogens is 1. The summed E-state index contributed by atoms with van der Waals surface area (Å²) < 4.78 is 5.33. The van der Waals surface area contributed by atoms with Crippen LogP contribution in [0.3, 0.4) is 0 Å². The van der Waals surface area contributed by atoms with Crippen LogP contribution in [0.5, 0.6) is 0 Å². The molecule has 4 aromatic rings. The molecular weight excluding hydrogens is 416 g/mol. The minimum absolute atomic E-state index is 0.00942. The van der Waals surface area contributed by atoms with Crippen molar-refractivity contribution in [1.82, 2.24) is 4.98 Å². The summed E-state index contributed by atoms with van der Waals surface area (Å²) in [5.74, 6) is 0. The minimum atomic E-state index is -0.494. The second-order valence-electron chi connectivity index (χ2n) is 5.89. The van der Waals surface area contributed by atoms with Gasteiger partial charge in [-0.3, -0.25) is 15.5 Å². The van der Waals surface area contributed by atoms with Crippen LogP contribution in [0.15, 0.2) is 68.2 Å². The van der Waals surface area contributed by atoms with Gasteiger partial charge in [0.25, 0.3) is 5.69 Å². The van der Waals surface area contributed by atoms with E-state index in [1.807, 2.05) is 0 Å². The van der Waals surface area contributed by atoms with Crippen LogP contribution in [0, 0.1) is 10.1 Å². The number of nitrogens with one attached hydrogen (secondary N) is 1. The molecule has 0 unspecified atom stereocenters. The first kappa shape index (κ1) is 18.8. The van der Waals surface area contributed by atoms with Gasteiger partial charge in [-0.25, -0.2) is 9.78 Å². The molecule has 0 aliphatic carbocycles. The van der Waals surface area contributed by atoms with E-state index in [4.69, 9.17) is 16.0 Å². The molecule has 0 aliphatic rings. The molecule has 0 fully saturated rings. The third kappa shape index (κ3) is 4.15. The zero-order valence-corrected chi connectivity index (χ0v) is 16.1. The van der Waals surface area contributed by atoms with Gasteiger partial charge in [-0.2, -0.15) is 5.10 Å². The summed E-state index contributed by atoms with van der Waals surface area (Å²) in [5.41, 5.74) is 4.21. The van der Waals surface area contributed by atoms with Crippen LogP contribution in [0.25, 0.3) is 22.2 Å². The normalized spacial score (nSPS) is 11.2. The molecule has 2 aromatic carbocycles. The first-order valence-corrected chi connectivity index (χ1v) is 9.48. The number of nitro benzene ring substituents is 1. The first-order chi connectivity index (χ1) is 14.0. The van der Waals surface area contributed by atoms with Gasteiger partial charge in [0.15, 0.2) is 0 Å². The van der Waals surface area contributed by atoms with E-state index in [1.54, 1.807) is 41.8 Å². The lowest BCUT2D eigenvalue weighted by Gasteiger charge is -2.00. The Morgan fingerprint density at radius 3 is 2.76 bits per heavy atom. The molecule has 2 heterocycles. The van der Waals surface area contributed by atoms with Crippen LogP contribution in [0.4, 0.5) is 10.8 Å². The molecule has 0 aliphatic heterocycles. The standard InChI is InChI=1S/C19H11ClN4O4S/c20-13-3-6-17-12(7-13)8-15(18(25)28-17)16-10-29-19(22-16)23-21-9-11-1-4-14(5-2-11)24(26)27/h1-10H,(H,22,23)/b21-9-. The van der Waals surface area contributed by atoms with Crippen LogP contribution >= 0.6 is 22.9 Å². The zero-order valence-electron chi connectivity index (χ0n) is 14.5. The number of fused-ring (bicyclic) bond motifs is 1. The SMILES string of the molecule is O=c1oc2ccc(Cl)cc2cc1-c1csc(N/N=C\c2ccc([N+](=O)[O-])cc2)n1. The number of anilines is 1. The molecular formula is C19H11ClN4O4S. The molecule has 8 nitrogen and oxygen atoms in total. The van der Waals surface area contributed by atoms with Crippen molar-refractivity contribution in [2.45, 2.75) is 0 Å². The highest BCUT2D eigenvalue weighted by molar-refractivity contribution is 7.14. The second-order valence-corrected chi connectivity index (χ2v) is 7.18. The van der Waals surface area contributed by atoms with Gasteiger partial charge >= 0.3 is 5.63 Å². The number of thiazole rings is 1. The van der Waals surface area contributed by atoms with Crippen molar-refractivity contribution < 1.29 is 9.34 Å². The lowest BCUT2D eigenvalue weighted by atomic mass is 10.1. The Bertz CT molecular complexity index is 1300. The average Bonchev–Trinajstić information content (AvgIpc) is 3.17. The van der Waals surface area contributed by atoms with E-state index in [2.05, 4.69) is 15.5 Å². The van der Waals surface area contributed by atoms with Crippen molar-refractivity contribution in [2.24, 2.45) is 5.10 Å². The number of hydrogen-bond donors (Lipinski definition) is 1. The molecule has 1 N–H and O–H groups in total. The highest BCUT2D eigenvalue weighted by Gasteiger charge is 2.12. The first-order valence-electron chi connectivity index (χ1n) is 8.22. The van der Waals surface area contributed by atoms with Gasteiger partial charge in [-0.1, -0.05) is 11.6 Å². The Morgan fingerprint density at radius 2 is 2.00 bits per heavy atom. The summed E-state index contributed by atoms with van der Waals surface area (Å²) in [6.45, 7) is 0. The van der Waals surface area contributed by atoms with Crippen molar-refractivity contribution >= 4 is 50.9 Å². The predicted molar refractivity (Wildman–Crippen MR) is 113 cm³/mol. The van der Waals surface area contributed by atoms with Gasteiger partial charge in [0.2, 0.25) is 5.13 Å². The van der Waals surface area contributed by atoms with Gasteiger partial charge in [0.1, 0.15) is 5.58 Å². The number of rotatable bonds is 5. The Kier molecular flexibility index (Phi) is 5.07. The van der Waals surface area contributed by atoms with E-state index in [-0.39, 0.29) is 5.69 Å². The van der Waals surface area contributed by atoms with Crippen molar-refractivity contribution in [1.29, 1.82) is 0 Å². The Balaban J connectivity index is 1.52. The summed E-state index contributed by atoms with van der Waals surface area (Å²) in [6, 6.07) is 12.7. The smallest absolute Gasteiger partial charge is 0.345 e. The Labute approximate surface area is 172 Å². The molecule has 0 spiro atoms. The van der Waals surface area contributed by atoms with Crippen molar-refractivity contribution in [2.75, 3.05) is 5.43 Å². The topological polar surface area (TPSA) is 111 Å². The van der Waals surface area contributed by atoms with E-state index in [0.29, 0.717) is 37.9 Å². The number of benzene rings is 2. The molecule has 0 atom stereocenters. The van der Waals surface area contributed by atoms with E-state index in [9.17, 15) is 14.9 Å². The Hall–Kier alpha value is -3.56. The van der Waals surface area contributed by atoms with Gasteiger partial charge in [0, 0.05) is 27.9 Å². The van der Waals surface area contributed by atoms with Gasteiger partial charge in [0.05, 0.1) is 22.4 Å². The van der Waals surface area contributed by atoms with Crippen LogP contribution in [0.2, 0.25) is 5.02 Å². The minimum Gasteiger partial charge on any atom is -0.422 e. The van der Waals surface area contributed by atoms with E-state index in [1.165, 1.54) is 29.7 Å². The summed E-state index contributed by atoms with van der Waals surface area (Å²) >= 11 is 7.27. The van der Waals surface area contributed by atoms with E-state index < -0.39 is 10.5 Å². The van der Waals surface area contributed by atoms with Crippen molar-refractivity contribution in [3.8, 4) is 11.3 Å². The Morgan fingerprint density at radius 1 is 1.21 bits per heavy atom. The quantitative estimate of drug-likeness (QED) is 0.210. The van der Waals surface area contributed by atoms with Gasteiger partial charge < -0.3 is 4.42 Å². The molecule has 29 heavy (non-hydrogen) atoms. The molecule has 144 valence electrons. The lowest BCUT2D eigenvalue weighted by Crippen LogP contribution is -2.03. The average molecular weight is 427 g/mol. The molecule has 0 saturated heterocycles. The largest absolute Gasteiger partial charge is 0.422 e. The maximum absolute atomic E-state index is 12.3. The molecule has 0 amide bonds. The summed E-state index contributed by atoms with van der Waals surface area (Å²) in [7, 11) is 0. The van der Waals surface area contributed by atoms with E-state index >= 15 is 0 Å². The van der Waals surface area contributed by atoms with Crippen molar-refractivity contribution in [3.63, 3.8) is 0 Å². The molecule has 0 bridgehead atoms. The van der Waals surface area contributed by atoms with Crippen LogP contribution in [-0.2, 0) is 0 Å². The second kappa shape index (κ2) is 7.82. The molecule has 0 radical (unpaired) electrons. The fraction of sp³-hybridized carbons (Fsp3) is 0. The fourth-order valence-corrected chi connectivity index (χ4v) is 3.41. The van der Waals surface area contributed by atoms with E-state index in [0.717, 1.165) is 0 Å². The van der Waals surface area contributed by atoms with Gasteiger partial charge in [-0.05, 0) is 42.0 Å². The van der Waals surface area contributed by atoms with Crippen molar-refractivity contribution in [3.05, 3.63) is 85.0 Å². The molecule has 0 saturated carbocycles. The highest BCUT2D eigenvalue weighted by Crippen LogP contribution is 2.26. The third-order valence-corrected chi connectivity index (χ3v) is 4.93. The number of aromatic nitrogens is 1. The maximum atomic E-state index is 12.3. The highest BCUT2D eigenvalue weighted by atomic mass is 35.5. The van der Waals surface area contributed by atoms with Crippen LogP contribution in [-0.4, -0.2) is 16.1 Å². The summed E-state index contributed by atoms with van der Waals surface area (Å²) in [5, 5.41) is 18.2. The number of hydrogen-bond acceptors (Lipinski definition) is 8. The third-order valence-electron chi connectivity index (χ3n) is 3.95. The number of hydrazone groups is 1. The molecule has 4 rings (SSSR count). The summed E-state index contributed by atoms with van der Waals surface area (Å²) in [6.07, 6.45) is 1.51. The van der Waals surface area contributed by atoms with Crippen LogP contribution < -0.4 is 11.1 Å². The number of nitro groups is 1.